The molecule has 1 aromatic rings. The standard InChI is InChI=1S/C11H19N3/c1-3-4-5-11(14-12)10-6-7-13-9(2)8-10/h6-8,11,14H,3-5,12H2,1-2H3. The summed E-state index contributed by atoms with van der Waals surface area (Å²) in [5.74, 6) is 5.53. The van der Waals surface area contributed by atoms with Gasteiger partial charge in [-0.05, 0) is 31.0 Å². The van der Waals surface area contributed by atoms with E-state index in [9.17, 15) is 0 Å². The monoisotopic (exact) mass is 193 g/mol. The largest absolute Gasteiger partial charge is 0.271 e. The molecule has 0 radical (unpaired) electrons. The Morgan fingerprint density at radius 1 is 1.57 bits per heavy atom. The fraction of sp³-hybridized carbons (Fsp3) is 0.545. The third-order valence-electron chi connectivity index (χ3n) is 2.37. The van der Waals surface area contributed by atoms with Gasteiger partial charge in [-0.15, -0.1) is 0 Å². The molecule has 0 aliphatic heterocycles. The van der Waals surface area contributed by atoms with E-state index in [0.717, 1.165) is 12.1 Å². The van der Waals surface area contributed by atoms with Crippen LogP contribution in [0.4, 0.5) is 0 Å². The molecule has 0 aliphatic carbocycles. The lowest BCUT2D eigenvalue weighted by molar-refractivity contribution is 0.494. The van der Waals surface area contributed by atoms with Crippen LogP contribution in [0.3, 0.4) is 0 Å². The van der Waals surface area contributed by atoms with Crippen molar-refractivity contribution in [2.24, 2.45) is 5.84 Å². The average molecular weight is 193 g/mol. The summed E-state index contributed by atoms with van der Waals surface area (Å²) in [6, 6.07) is 4.37. The van der Waals surface area contributed by atoms with Crippen molar-refractivity contribution in [2.45, 2.75) is 39.2 Å². The highest BCUT2D eigenvalue weighted by Crippen LogP contribution is 2.18. The first kappa shape index (κ1) is 11.1. The Hall–Kier alpha value is -0.930. The summed E-state index contributed by atoms with van der Waals surface area (Å²) < 4.78 is 0. The van der Waals surface area contributed by atoms with E-state index >= 15 is 0 Å². The summed E-state index contributed by atoms with van der Waals surface area (Å²) in [6.45, 7) is 4.18. The second-order valence-corrected chi connectivity index (χ2v) is 3.59. The number of hydrogen-bond acceptors (Lipinski definition) is 3. The van der Waals surface area contributed by atoms with Crippen molar-refractivity contribution in [3.8, 4) is 0 Å². The van der Waals surface area contributed by atoms with Gasteiger partial charge in [-0.25, -0.2) is 0 Å². The van der Waals surface area contributed by atoms with Crippen LogP contribution in [0.1, 0.15) is 43.5 Å². The predicted molar refractivity (Wildman–Crippen MR) is 58.6 cm³/mol. The lowest BCUT2D eigenvalue weighted by Gasteiger charge is -2.15. The van der Waals surface area contributed by atoms with Gasteiger partial charge in [0.05, 0.1) is 0 Å². The second kappa shape index (κ2) is 5.73. The van der Waals surface area contributed by atoms with E-state index in [0.29, 0.717) is 0 Å². The molecular weight excluding hydrogens is 174 g/mol. The maximum absolute atomic E-state index is 5.53. The van der Waals surface area contributed by atoms with E-state index in [1.807, 2.05) is 19.2 Å². The van der Waals surface area contributed by atoms with Crippen molar-refractivity contribution < 1.29 is 0 Å². The van der Waals surface area contributed by atoms with E-state index in [2.05, 4.69) is 23.4 Å². The number of hydrogen-bond donors (Lipinski definition) is 2. The summed E-state index contributed by atoms with van der Waals surface area (Å²) in [6.07, 6.45) is 5.30. The lowest BCUT2D eigenvalue weighted by atomic mass is 10.0. The molecule has 0 aromatic carbocycles. The van der Waals surface area contributed by atoms with Crippen LogP contribution in [0.25, 0.3) is 0 Å². The van der Waals surface area contributed by atoms with Crippen molar-refractivity contribution in [2.75, 3.05) is 0 Å². The number of aryl methyl sites for hydroxylation is 1. The number of nitrogens with two attached hydrogens (primary N) is 1. The highest BCUT2D eigenvalue weighted by atomic mass is 15.2. The van der Waals surface area contributed by atoms with Gasteiger partial charge >= 0.3 is 0 Å². The molecule has 0 aliphatic rings. The minimum atomic E-state index is 0.261. The Kier molecular flexibility index (Phi) is 4.56. The molecule has 0 amide bonds. The molecule has 1 rings (SSSR count). The topological polar surface area (TPSA) is 50.9 Å². The van der Waals surface area contributed by atoms with Crippen LogP contribution in [0, 0.1) is 6.92 Å². The van der Waals surface area contributed by atoms with Crippen molar-refractivity contribution in [3.05, 3.63) is 29.6 Å². The van der Waals surface area contributed by atoms with Gasteiger partial charge in [0.15, 0.2) is 0 Å². The Bertz CT molecular complexity index is 273. The number of pyridine rings is 1. The van der Waals surface area contributed by atoms with Crippen LogP contribution < -0.4 is 11.3 Å². The Balaban J connectivity index is 2.68. The highest BCUT2D eigenvalue weighted by molar-refractivity contribution is 5.19. The zero-order chi connectivity index (χ0) is 10.4. The number of aromatic nitrogens is 1. The van der Waals surface area contributed by atoms with Crippen LogP contribution in [0.5, 0.6) is 0 Å². The summed E-state index contributed by atoms with van der Waals surface area (Å²) in [5, 5.41) is 0. The SMILES string of the molecule is CCCCC(NN)c1ccnc(C)c1. The van der Waals surface area contributed by atoms with Gasteiger partial charge in [0.1, 0.15) is 0 Å². The lowest BCUT2D eigenvalue weighted by Crippen LogP contribution is -2.28. The average Bonchev–Trinajstić information content (AvgIpc) is 2.19. The zero-order valence-electron chi connectivity index (χ0n) is 8.96. The van der Waals surface area contributed by atoms with Gasteiger partial charge in [0, 0.05) is 17.9 Å². The molecule has 14 heavy (non-hydrogen) atoms. The highest BCUT2D eigenvalue weighted by Gasteiger charge is 2.08. The smallest absolute Gasteiger partial charge is 0.0461 e. The fourth-order valence-corrected chi connectivity index (χ4v) is 1.54. The molecule has 0 spiro atoms. The van der Waals surface area contributed by atoms with E-state index in [4.69, 9.17) is 5.84 Å². The van der Waals surface area contributed by atoms with Crippen LogP contribution >= 0.6 is 0 Å². The zero-order valence-corrected chi connectivity index (χ0v) is 8.96. The first-order chi connectivity index (χ1) is 6.77. The van der Waals surface area contributed by atoms with Gasteiger partial charge in [-0.2, -0.15) is 0 Å². The summed E-state index contributed by atoms with van der Waals surface area (Å²) in [5.41, 5.74) is 5.12. The molecule has 3 nitrogen and oxygen atoms in total. The van der Waals surface area contributed by atoms with Crippen molar-refractivity contribution >= 4 is 0 Å². The molecule has 0 bridgehead atoms. The van der Waals surface area contributed by atoms with Crippen LogP contribution in [0.15, 0.2) is 18.3 Å². The number of nitrogens with zero attached hydrogens (tertiary/aromatic N) is 1. The maximum Gasteiger partial charge on any atom is 0.0461 e. The first-order valence-electron chi connectivity index (χ1n) is 5.16. The quantitative estimate of drug-likeness (QED) is 0.556. The number of nitrogens with one attached hydrogen (secondary N) is 1. The molecule has 1 heterocycles. The maximum atomic E-state index is 5.53. The Morgan fingerprint density at radius 3 is 2.93 bits per heavy atom. The number of rotatable bonds is 5. The fourth-order valence-electron chi connectivity index (χ4n) is 1.54. The molecule has 1 atom stereocenters. The summed E-state index contributed by atoms with van der Waals surface area (Å²) >= 11 is 0. The van der Waals surface area contributed by atoms with Crippen LogP contribution in [-0.4, -0.2) is 4.98 Å². The molecule has 3 heteroatoms. The van der Waals surface area contributed by atoms with E-state index in [1.54, 1.807) is 0 Å². The van der Waals surface area contributed by atoms with Crippen LogP contribution in [-0.2, 0) is 0 Å². The second-order valence-electron chi connectivity index (χ2n) is 3.59. The van der Waals surface area contributed by atoms with Gasteiger partial charge in [0.2, 0.25) is 0 Å². The minimum Gasteiger partial charge on any atom is -0.271 e. The molecule has 1 unspecified atom stereocenters. The van der Waals surface area contributed by atoms with Crippen LogP contribution in [0.2, 0.25) is 0 Å². The molecule has 78 valence electrons. The number of hydrazine groups is 1. The van der Waals surface area contributed by atoms with E-state index < -0.39 is 0 Å². The molecule has 0 saturated carbocycles. The normalized spacial score (nSPS) is 12.8. The molecule has 3 N–H and O–H groups in total. The van der Waals surface area contributed by atoms with E-state index in [-0.39, 0.29) is 6.04 Å². The van der Waals surface area contributed by atoms with Gasteiger partial charge in [0.25, 0.3) is 0 Å². The molecule has 1 aromatic heterocycles. The Morgan fingerprint density at radius 2 is 2.36 bits per heavy atom. The van der Waals surface area contributed by atoms with Gasteiger partial charge < -0.3 is 0 Å². The third-order valence-corrected chi connectivity index (χ3v) is 2.37. The third kappa shape index (κ3) is 3.09. The molecule has 0 fully saturated rings. The van der Waals surface area contributed by atoms with Gasteiger partial charge in [-0.3, -0.25) is 16.3 Å². The predicted octanol–water partition coefficient (Wildman–Crippen LogP) is 2.08. The van der Waals surface area contributed by atoms with Gasteiger partial charge in [-0.1, -0.05) is 19.8 Å². The first-order valence-corrected chi connectivity index (χ1v) is 5.16. The molecular formula is C11H19N3. The summed E-state index contributed by atoms with van der Waals surface area (Å²) in [7, 11) is 0. The van der Waals surface area contributed by atoms with Crippen molar-refractivity contribution in [1.29, 1.82) is 0 Å². The van der Waals surface area contributed by atoms with Crippen molar-refractivity contribution in [1.82, 2.24) is 10.4 Å². The van der Waals surface area contributed by atoms with Crippen molar-refractivity contribution in [3.63, 3.8) is 0 Å². The minimum absolute atomic E-state index is 0.261. The van der Waals surface area contributed by atoms with E-state index in [1.165, 1.54) is 18.4 Å². The Labute approximate surface area is 85.7 Å². The summed E-state index contributed by atoms with van der Waals surface area (Å²) in [4.78, 5) is 4.17. The number of unbranched alkanes of at least 4 members (excludes halogenated alkanes) is 1. The molecule has 0 saturated heterocycles.